The van der Waals surface area contributed by atoms with Crippen molar-refractivity contribution in [3.63, 3.8) is 0 Å². The van der Waals surface area contributed by atoms with Crippen LogP contribution in [0.15, 0.2) is 59.7 Å². The third kappa shape index (κ3) is 2.32. The molecule has 0 fully saturated rings. The number of hydrogen-bond donors (Lipinski definition) is 2. The monoisotopic (exact) mass is 331 g/mol. The van der Waals surface area contributed by atoms with Gasteiger partial charge in [-0.2, -0.15) is 5.26 Å². The number of benzene rings is 1. The molecule has 2 aromatic heterocycles. The van der Waals surface area contributed by atoms with E-state index in [1.807, 2.05) is 24.3 Å². The second kappa shape index (κ2) is 5.76. The molecule has 122 valence electrons. The van der Waals surface area contributed by atoms with Crippen molar-refractivity contribution in [3.05, 3.63) is 76.3 Å². The van der Waals surface area contributed by atoms with Gasteiger partial charge < -0.3 is 5.32 Å². The lowest BCUT2D eigenvalue weighted by Crippen LogP contribution is -2.35. The highest BCUT2D eigenvalue weighted by Gasteiger charge is 2.41. The number of H-pyrrole nitrogens is 1. The van der Waals surface area contributed by atoms with Crippen LogP contribution in [0.4, 0.5) is 5.82 Å². The highest BCUT2D eigenvalue weighted by molar-refractivity contribution is 5.97. The van der Waals surface area contributed by atoms with Crippen LogP contribution in [0.2, 0.25) is 0 Å². The Morgan fingerprint density at radius 1 is 1.12 bits per heavy atom. The van der Waals surface area contributed by atoms with Crippen LogP contribution < -0.4 is 10.9 Å². The maximum Gasteiger partial charge on any atom is 0.277 e. The summed E-state index contributed by atoms with van der Waals surface area (Å²) in [6, 6.07) is 14.6. The van der Waals surface area contributed by atoms with Gasteiger partial charge in [0.2, 0.25) is 5.91 Å². The maximum absolute atomic E-state index is 13.0. The minimum Gasteiger partial charge on any atom is -0.310 e. The fourth-order valence-corrected chi connectivity index (χ4v) is 3.16. The maximum atomic E-state index is 13.0. The largest absolute Gasteiger partial charge is 0.310 e. The van der Waals surface area contributed by atoms with E-state index in [2.05, 4.69) is 15.4 Å². The molecular weight excluding hydrogens is 318 g/mol. The molecule has 3 heterocycles. The molecule has 2 atom stereocenters. The molecule has 4 rings (SSSR count). The fourth-order valence-electron chi connectivity index (χ4n) is 3.16. The molecule has 3 aromatic rings. The number of hydrogen-bond acceptors (Lipinski definition) is 4. The Morgan fingerprint density at radius 3 is 2.60 bits per heavy atom. The van der Waals surface area contributed by atoms with Gasteiger partial charge in [0.15, 0.2) is 0 Å². The lowest BCUT2D eigenvalue weighted by molar-refractivity contribution is -0.119. The second-order valence-corrected chi connectivity index (χ2v) is 5.74. The Labute approximate surface area is 142 Å². The number of aromatic nitrogens is 3. The second-order valence-electron chi connectivity index (χ2n) is 5.74. The Hall–Kier alpha value is -3.66. The normalized spacial score (nSPS) is 18.9. The SMILES string of the molecule is N#CC1C(=O)Nc2[nH]n(-c3ccccc3)c(=O)c2C1c1cccnc1. The van der Waals surface area contributed by atoms with Crippen LogP contribution in [0.1, 0.15) is 17.0 Å². The van der Waals surface area contributed by atoms with E-state index in [4.69, 9.17) is 0 Å². The molecule has 25 heavy (non-hydrogen) atoms. The molecule has 7 heteroatoms. The van der Waals surface area contributed by atoms with Crippen molar-refractivity contribution >= 4 is 11.7 Å². The van der Waals surface area contributed by atoms with Crippen LogP contribution in [-0.4, -0.2) is 20.7 Å². The van der Waals surface area contributed by atoms with E-state index in [1.54, 1.807) is 36.7 Å². The topological polar surface area (TPSA) is 104 Å². The van der Waals surface area contributed by atoms with Gasteiger partial charge in [-0.1, -0.05) is 24.3 Å². The number of carbonyl (C=O) groups is 1. The number of aromatic amines is 1. The molecule has 0 saturated heterocycles. The summed E-state index contributed by atoms with van der Waals surface area (Å²) in [5.74, 6) is -1.79. The number of fused-ring (bicyclic) bond motifs is 1. The number of rotatable bonds is 2. The summed E-state index contributed by atoms with van der Waals surface area (Å²) >= 11 is 0. The molecule has 0 aliphatic carbocycles. The number of nitrogens with zero attached hydrogens (tertiary/aromatic N) is 3. The summed E-state index contributed by atoms with van der Waals surface area (Å²) in [4.78, 5) is 29.4. The van der Waals surface area contributed by atoms with Gasteiger partial charge in [-0.05, 0) is 23.8 Å². The minimum atomic E-state index is -0.996. The number of carbonyl (C=O) groups excluding carboxylic acids is 1. The van der Waals surface area contributed by atoms with E-state index < -0.39 is 17.7 Å². The zero-order chi connectivity index (χ0) is 17.4. The summed E-state index contributed by atoms with van der Waals surface area (Å²) < 4.78 is 1.37. The van der Waals surface area contributed by atoms with E-state index in [1.165, 1.54) is 4.68 Å². The quantitative estimate of drug-likeness (QED) is 0.747. The third-order valence-electron chi connectivity index (χ3n) is 4.30. The summed E-state index contributed by atoms with van der Waals surface area (Å²) in [5, 5.41) is 15.1. The van der Waals surface area contributed by atoms with Gasteiger partial charge in [0.25, 0.3) is 5.56 Å². The molecule has 0 spiro atoms. The first-order valence-electron chi connectivity index (χ1n) is 7.71. The molecule has 0 bridgehead atoms. The van der Waals surface area contributed by atoms with Crippen LogP contribution in [0.25, 0.3) is 5.69 Å². The Kier molecular flexibility index (Phi) is 3.43. The average Bonchev–Trinajstić information content (AvgIpc) is 2.98. The summed E-state index contributed by atoms with van der Waals surface area (Å²) in [7, 11) is 0. The number of para-hydroxylation sites is 1. The molecule has 1 aromatic carbocycles. The van der Waals surface area contributed by atoms with Crippen LogP contribution in [0, 0.1) is 17.2 Å². The molecule has 1 aliphatic rings. The molecule has 1 aliphatic heterocycles. The molecule has 7 nitrogen and oxygen atoms in total. The molecular formula is C18H13N5O2. The zero-order valence-electron chi connectivity index (χ0n) is 13.0. The van der Waals surface area contributed by atoms with Crippen LogP contribution in [-0.2, 0) is 4.79 Å². The zero-order valence-corrected chi connectivity index (χ0v) is 13.0. The summed E-state index contributed by atoms with van der Waals surface area (Å²) in [5.41, 5.74) is 1.37. The van der Waals surface area contributed by atoms with E-state index in [9.17, 15) is 14.9 Å². The van der Waals surface area contributed by atoms with Gasteiger partial charge in [-0.15, -0.1) is 0 Å². The summed E-state index contributed by atoms with van der Waals surface area (Å²) in [6.07, 6.45) is 3.19. The molecule has 2 unspecified atom stereocenters. The predicted molar refractivity (Wildman–Crippen MR) is 90.2 cm³/mol. The smallest absolute Gasteiger partial charge is 0.277 e. The van der Waals surface area contributed by atoms with Gasteiger partial charge in [0.05, 0.1) is 17.3 Å². The van der Waals surface area contributed by atoms with Crippen molar-refractivity contribution in [3.8, 4) is 11.8 Å². The van der Waals surface area contributed by atoms with Gasteiger partial charge in [0, 0.05) is 18.3 Å². The van der Waals surface area contributed by atoms with Gasteiger partial charge in [-0.3, -0.25) is 19.7 Å². The number of amides is 1. The Balaban J connectivity index is 1.95. The molecule has 0 saturated carbocycles. The number of anilines is 1. The van der Waals surface area contributed by atoms with E-state index >= 15 is 0 Å². The van der Waals surface area contributed by atoms with Crippen molar-refractivity contribution in [2.24, 2.45) is 5.92 Å². The first-order valence-corrected chi connectivity index (χ1v) is 7.71. The van der Waals surface area contributed by atoms with Gasteiger partial charge in [-0.25, -0.2) is 4.68 Å². The van der Waals surface area contributed by atoms with Crippen molar-refractivity contribution in [2.75, 3.05) is 5.32 Å². The lowest BCUT2D eigenvalue weighted by Gasteiger charge is -2.25. The number of nitriles is 1. The van der Waals surface area contributed by atoms with Crippen molar-refractivity contribution in [1.29, 1.82) is 5.26 Å². The Morgan fingerprint density at radius 2 is 1.92 bits per heavy atom. The molecule has 1 amide bonds. The fraction of sp³-hybridized carbons (Fsp3) is 0.111. The first-order chi connectivity index (χ1) is 12.2. The third-order valence-corrected chi connectivity index (χ3v) is 4.30. The highest BCUT2D eigenvalue weighted by Crippen LogP contribution is 2.37. The number of nitrogens with one attached hydrogen (secondary N) is 2. The Bertz CT molecular complexity index is 1030. The van der Waals surface area contributed by atoms with Crippen LogP contribution in [0.5, 0.6) is 0 Å². The van der Waals surface area contributed by atoms with Gasteiger partial charge in [0.1, 0.15) is 11.7 Å². The van der Waals surface area contributed by atoms with Crippen molar-refractivity contribution in [2.45, 2.75) is 5.92 Å². The summed E-state index contributed by atoms with van der Waals surface area (Å²) in [6.45, 7) is 0. The minimum absolute atomic E-state index is 0.296. The van der Waals surface area contributed by atoms with E-state index in [0.717, 1.165) is 0 Å². The predicted octanol–water partition coefficient (Wildman–Crippen LogP) is 1.78. The highest BCUT2D eigenvalue weighted by atomic mass is 16.2. The lowest BCUT2D eigenvalue weighted by atomic mass is 9.80. The number of pyridine rings is 1. The van der Waals surface area contributed by atoms with Crippen molar-refractivity contribution in [1.82, 2.24) is 14.8 Å². The standard InChI is InChI=1S/C18H13N5O2/c19-9-13-14(11-5-4-8-20-10-11)15-16(21-17(13)24)22-23(18(15)25)12-6-2-1-3-7-12/h1-8,10,13-14,22H,(H,21,24). The van der Waals surface area contributed by atoms with E-state index in [-0.39, 0.29) is 5.56 Å². The van der Waals surface area contributed by atoms with Crippen LogP contribution in [0.3, 0.4) is 0 Å². The average molecular weight is 331 g/mol. The molecule has 0 radical (unpaired) electrons. The van der Waals surface area contributed by atoms with Crippen LogP contribution >= 0.6 is 0 Å². The van der Waals surface area contributed by atoms with Gasteiger partial charge >= 0.3 is 0 Å². The molecule has 2 N–H and O–H groups in total. The van der Waals surface area contributed by atoms with Crippen molar-refractivity contribution < 1.29 is 4.79 Å². The van der Waals surface area contributed by atoms with E-state index in [0.29, 0.717) is 22.6 Å². The first kappa shape index (κ1) is 14.9.